The lowest BCUT2D eigenvalue weighted by molar-refractivity contribution is -0.537. The van der Waals surface area contributed by atoms with E-state index in [1.807, 2.05) is 6.08 Å². The highest BCUT2D eigenvalue weighted by Crippen LogP contribution is 2.39. The summed E-state index contributed by atoms with van der Waals surface area (Å²) in [5.41, 5.74) is 11.0. The molecule has 0 saturated carbocycles. The number of nitrogens with two attached hydrogens (primary N) is 2. The van der Waals surface area contributed by atoms with Gasteiger partial charge in [0.15, 0.2) is 12.1 Å². The molecule has 2 aliphatic carbocycles. The van der Waals surface area contributed by atoms with Gasteiger partial charge in [-0.2, -0.15) is 0 Å². The quantitative estimate of drug-likeness (QED) is 0.468. The van der Waals surface area contributed by atoms with E-state index in [9.17, 15) is 10.1 Å². The highest BCUT2D eigenvalue weighted by Gasteiger charge is 2.61. The summed E-state index contributed by atoms with van der Waals surface area (Å²) in [6, 6.07) is 0. The van der Waals surface area contributed by atoms with Gasteiger partial charge in [-0.25, -0.2) is 9.98 Å². The molecule has 1 aliphatic heterocycles. The second-order valence-electron chi connectivity index (χ2n) is 6.43. The van der Waals surface area contributed by atoms with Crippen molar-refractivity contribution in [2.75, 3.05) is 0 Å². The molecule has 7 nitrogen and oxygen atoms in total. The van der Waals surface area contributed by atoms with Gasteiger partial charge in [0.05, 0.1) is 0 Å². The zero-order chi connectivity index (χ0) is 16.4. The molecule has 0 spiro atoms. The van der Waals surface area contributed by atoms with Crippen molar-refractivity contribution in [3.63, 3.8) is 0 Å². The monoisotopic (exact) mass is 317 g/mol. The molecule has 0 aromatic heterocycles. The highest BCUT2D eigenvalue weighted by atomic mass is 16.6. The maximum Gasteiger partial charge on any atom is 0.318 e. The van der Waals surface area contributed by atoms with Gasteiger partial charge in [0.25, 0.3) is 0 Å². The van der Waals surface area contributed by atoms with E-state index in [2.05, 4.69) is 28.2 Å². The number of rotatable bonds is 3. The van der Waals surface area contributed by atoms with Crippen LogP contribution < -0.4 is 11.5 Å². The van der Waals surface area contributed by atoms with Gasteiger partial charge in [0, 0.05) is 16.8 Å². The van der Waals surface area contributed by atoms with Crippen LogP contribution in [-0.4, -0.2) is 28.3 Å². The minimum absolute atomic E-state index is 0.0106. The maximum absolute atomic E-state index is 12.2. The fraction of sp³-hybridized carbons (Fsp3) is 0.625. The summed E-state index contributed by atoms with van der Waals surface area (Å²) >= 11 is 0. The Morgan fingerprint density at radius 2 is 1.83 bits per heavy atom. The Hall–Kier alpha value is -2.02. The number of hydrogen-bond acceptors (Lipinski definition) is 6. The van der Waals surface area contributed by atoms with Crippen molar-refractivity contribution in [3.8, 4) is 0 Å². The zero-order valence-corrected chi connectivity index (χ0v) is 13.1. The first-order valence-corrected chi connectivity index (χ1v) is 8.18. The molecule has 0 fully saturated rings. The predicted molar refractivity (Wildman–Crippen MR) is 89.7 cm³/mol. The van der Waals surface area contributed by atoms with Gasteiger partial charge in [0.2, 0.25) is 0 Å². The minimum Gasteiger partial charge on any atom is -0.381 e. The third-order valence-corrected chi connectivity index (χ3v) is 5.13. The van der Waals surface area contributed by atoms with Crippen LogP contribution in [0, 0.1) is 22.0 Å². The second kappa shape index (κ2) is 6.23. The fourth-order valence-electron chi connectivity index (χ4n) is 4.03. The maximum atomic E-state index is 12.2. The molecular formula is C16H23N5O2. The normalized spacial score (nSPS) is 37.2. The molecule has 4 N–H and O–H groups in total. The van der Waals surface area contributed by atoms with Crippen LogP contribution in [0.5, 0.6) is 0 Å². The second-order valence-corrected chi connectivity index (χ2v) is 6.43. The average Bonchev–Trinajstić information content (AvgIpc) is 2.55. The number of hydrogen-bond donors (Lipinski definition) is 2. The van der Waals surface area contributed by atoms with E-state index in [4.69, 9.17) is 11.5 Å². The number of nitro groups is 1. The van der Waals surface area contributed by atoms with Crippen molar-refractivity contribution in [2.45, 2.75) is 50.4 Å². The van der Waals surface area contributed by atoms with E-state index in [1.165, 1.54) is 0 Å². The molecular weight excluding hydrogens is 294 g/mol. The number of amidine groups is 1. The summed E-state index contributed by atoms with van der Waals surface area (Å²) in [6.07, 6.45) is 12.0. The van der Waals surface area contributed by atoms with Crippen molar-refractivity contribution in [3.05, 3.63) is 34.4 Å². The van der Waals surface area contributed by atoms with Gasteiger partial charge < -0.3 is 5.73 Å². The first-order valence-electron chi connectivity index (χ1n) is 8.18. The summed E-state index contributed by atoms with van der Waals surface area (Å²) < 4.78 is 0. The average molecular weight is 317 g/mol. The lowest BCUT2D eigenvalue weighted by atomic mass is 9.68. The first-order chi connectivity index (χ1) is 11.1. The molecule has 0 saturated heterocycles. The van der Waals surface area contributed by atoms with Crippen LogP contribution >= 0.6 is 0 Å². The predicted octanol–water partition coefficient (Wildman–Crippen LogP) is 1.77. The molecule has 7 heteroatoms. The molecule has 4 unspecified atom stereocenters. The largest absolute Gasteiger partial charge is 0.381 e. The van der Waals surface area contributed by atoms with Crippen molar-refractivity contribution in [2.24, 2.45) is 33.3 Å². The topological polar surface area (TPSA) is 120 Å². The standard InChI is InChI=1S/C16H23N5O2/c17-14-16(21(22)23,12-9-5-2-6-10-12)13(19-15(18)20-14)11-7-3-1-4-8-11/h1-3,5,11-12,15H,4,6-10,18H2,(H2,17,20). The Kier molecular flexibility index (Phi) is 4.30. The van der Waals surface area contributed by atoms with Crippen LogP contribution in [-0.2, 0) is 0 Å². The van der Waals surface area contributed by atoms with Crippen LogP contribution in [0.4, 0.5) is 0 Å². The van der Waals surface area contributed by atoms with Gasteiger partial charge >= 0.3 is 5.54 Å². The van der Waals surface area contributed by atoms with Gasteiger partial charge in [0.1, 0.15) is 5.71 Å². The molecule has 1 heterocycles. The summed E-state index contributed by atoms with van der Waals surface area (Å²) in [6.45, 7) is 0. The Morgan fingerprint density at radius 3 is 2.39 bits per heavy atom. The number of nitrogens with zero attached hydrogens (tertiary/aromatic N) is 3. The number of allylic oxidation sites excluding steroid dienone is 4. The van der Waals surface area contributed by atoms with E-state index >= 15 is 0 Å². The number of aliphatic imine (C=N–C) groups is 2. The van der Waals surface area contributed by atoms with E-state index in [1.54, 1.807) is 0 Å². The molecule has 0 aromatic rings. The molecule has 3 rings (SSSR count). The molecule has 0 bridgehead atoms. The summed E-state index contributed by atoms with van der Waals surface area (Å²) in [7, 11) is 0. The Labute approximate surface area is 135 Å². The lowest BCUT2D eigenvalue weighted by Crippen LogP contribution is -2.65. The molecule has 3 aliphatic rings. The van der Waals surface area contributed by atoms with Crippen molar-refractivity contribution < 1.29 is 4.92 Å². The van der Waals surface area contributed by atoms with Crippen LogP contribution in [0.3, 0.4) is 0 Å². The summed E-state index contributed by atoms with van der Waals surface area (Å²) in [5, 5.41) is 12.2. The SMILES string of the molecule is NC1=NC(N)N=C(C2CC=CCC2)C1(C1CC=CCC1)[N+](=O)[O-]. The Bertz CT molecular complexity index is 610. The lowest BCUT2D eigenvalue weighted by Gasteiger charge is -2.39. The van der Waals surface area contributed by atoms with Crippen molar-refractivity contribution in [1.82, 2.24) is 0 Å². The van der Waals surface area contributed by atoms with Crippen LogP contribution in [0.2, 0.25) is 0 Å². The first kappa shape index (κ1) is 15.9. The third-order valence-electron chi connectivity index (χ3n) is 5.13. The van der Waals surface area contributed by atoms with E-state index in [-0.39, 0.29) is 22.6 Å². The minimum atomic E-state index is -1.50. The van der Waals surface area contributed by atoms with Crippen LogP contribution in [0.25, 0.3) is 0 Å². The van der Waals surface area contributed by atoms with E-state index < -0.39 is 11.8 Å². The molecule has 23 heavy (non-hydrogen) atoms. The molecule has 0 aromatic carbocycles. The third kappa shape index (κ3) is 2.59. The molecule has 124 valence electrons. The Balaban J connectivity index is 2.09. The van der Waals surface area contributed by atoms with Crippen LogP contribution in [0.15, 0.2) is 34.3 Å². The zero-order valence-electron chi connectivity index (χ0n) is 13.1. The summed E-state index contributed by atoms with van der Waals surface area (Å²) in [5.74, 6) is -0.185. The fourth-order valence-corrected chi connectivity index (χ4v) is 4.03. The Morgan fingerprint density at radius 1 is 1.13 bits per heavy atom. The highest BCUT2D eigenvalue weighted by molar-refractivity contribution is 6.15. The van der Waals surface area contributed by atoms with Gasteiger partial charge in [-0.3, -0.25) is 15.8 Å². The molecule has 0 radical (unpaired) electrons. The molecule has 4 atom stereocenters. The summed E-state index contributed by atoms with van der Waals surface area (Å²) in [4.78, 5) is 20.5. The smallest absolute Gasteiger partial charge is 0.318 e. The van der Waals surface area contributed by atoms with E-state index in [0.717, 1.165) is 25.7 Å². The van der Waals surface area contributed by atoms with Gasteiger partial charge in [-0.05, 0) is 38.5 Å². The van der Waals surface area contributed by atoms with Gasteiger partial charge in [-0.1, -0.05) is 24.3 Å². The van der Waals surface area contributed by atoms with Gasteiger partial charge in [-0.15, -0.1) is 0 Å². The van der Waals surface area contributed by atoms with Crippen LogP contribution in [0.1, 0.15) is 38.5 Å². The van der Waals surface area contributed by atoms with Crippen molar-refractivity contribution in [1.29, 1.82) is 0 Å². The van der Waals surface area contributed by atoms with Crippen molar-refractivity contribution >= 4 is 11.5 Å². The molecule has 0 amide bonds. The van der Waals surface area contributed by atoms with E-state index in [0.29, 0.717) is 18.6 Å².